The van der Waals surface area contributed by atoms with Gasteiger partial charge >= 0.3 is 0 Å². The van der Waals surface area contributed by atoms with E-state index in [0.29, 0.717) is 17.3 Å². The lowest BCUT2D eigenvalue weighted by Gasteiger charge is -2.09. The molecule has 7 nitrogen and oxygen atoms in total. The zero-order valence-electron chi connectivity index (χ0n) is 15.3. The smallest absolute Gasteiger partial charge is 0.231 e. The van der Waals surface area contributed by atoms with E-state index in [1.165, 1.54) is 0 Å². The molecule has 1 aliphatic heterocycles. The van der Waals surface area contributed by atoms with Crippen LogP contribution in [-0.2, 0) is 11.2 Å². The summed E-state index contributed by atoms with van der Waals surface area (Å²) in [5.74, 6) is 2.75. The lowest BCUT2D eigenvalue weighted by Crippen LogP contribution is -2.14. The average molecular weight is 377 g/mol. The maximum absolute atomic E-state index is 12.2. The van der Waals surface area contributed by atoms with Crippen molar-refractivity contribution in [1.29, 1.82) is 0 Å². The van der Waals surface area contributed by atoms with Crippen molar-refractivity contribution in [3.63, 3.8) is 0 Å². The Kier molecular flexibility index (Phi) is 4.97. The Labute approximate surface area is 162 Å². The quantitative estimate of drug-likeness (QED) is 0.681. The zero-order valence-corrected chi connectivity index (χ0v) is 15.3. The van der Waals surface area contributed by atoms with E-state index in [2.05, 4.69) is 15.6 Å². The van der Waals surface area contributed by atoms with Crippen LogP contribution in [0.15, 0.2) is 60.8 Å². The Morgan fingerprint density at radius 3 is 2.57 bits per heavy atom. The van der Waals surface area contributed by atoms with Gasteiger partial charge in [0.15, 0.2) is 11.5 Å². The fraction of sp³-hybridized carbons (Fsp3) is 0.143. The first-order chi connectivity index (χ1) is 13.7. The number of hydrogen-bond donors (Lipinski definition) is 2. The molecule has 0 atom stereocenters. The number of benzene rings is 2. The van der Waals surface area contributed by atoms with Crippen LogP contribution in [0.4, 0.5) is 17.2 Å². The van der Waals surface area contributed by atoms with Gasteiger partial charge in [-0.25, -0.2) is 4.98 Å². The van der Waals surface area contributed by atoms with Crippen molar-refractivity contribution in [3.05, 3.63) is 66.4 Å². The normalized spacial score (nSPS) is 11.8. The van der Waals surface area contributed by atoms with Gasteiger partial charge in [0.25, 0.3) is 0 Å². The molecule has 2 N–H and O–H groups in total. The number of nitrogens with zero attached hydrogens (tertiary/aromatic N) is 1. The van der Waals surface area contributed by atoms with Gasteiger partial charge < -0.3 is 24.8 Å². The van der Waals surface area contributed by atoms with Crippen LogP contribution in [-0.4, -0.2) is 24.8 Å². The van der Waals surface area contributed by atoms with Gasteiger partial charge in [-0.15, -0.1) is 0 Å². The molecule has 2 heterocycles. The number of aromatic nitrogens is 1. The zero-order chi connectivity index (χ0) is 19.3. The number of methoxy groups -OCH3 is 1. The molecule has 7 heteroatoms. The molecule has 0 aliphatic carbocycles. The lowest BCUT2D eigenvalue weighted by atomic mass is 10.1. The van der Waals surface area contributed by atoms with Crippen LogP contribution in [0.2, 0.25) is 0 Å². The van der Waals surface area contributed by atoms with Crippen molar-refractivity contribution in [2.45, 2.75) is 6.42 Å². The Balaban J connectivity index is 1.34. The molecule has 0 fully saturated rings. The van der Waals surface area contributed by atoms with Crippen LogP contribution in [0, 0.1) is 0 Å². The summed E-state index contributed by atoms with van der Waals surface area (Å²) in [6.45, 7) is 0.238. The predicted octanol–water partition coefficient (Wildman–Crippen LogP) is 3.74. The number of rotatable bonds is 6. The van der Waals surface area contributed by atoms with E-state index < -0.39 is 0 Å². The maximum atomic E-state index is 12.2. The highest BCUT2D eigenvalue weighted by molar-refractivity contribution is 5.92. The van der Waals surface area contributed by atoms with Crippen LogP contribution < -0.4 is 24.8 Å². The number of hydrogen-bond acceptors (Lipinski definition) is 6. The van der Waals surface area contributed by atoms with Gasteiger partial charge in [0.1, 0.15) is 11.6 Å². The number of amides is 1. The third-order valence-electron chi connectivity index (χ3n) is 4.22. The summed E-state index contributed by atoms with van der Waals surface area (Å²) in [6, 6.07) is 16.6. The van der Waals surface area contributed by atoms with Gasteiger partial charge in [0.2, 0.25) is 12.7 Å². The fourth-order valence-corrected chi connectivity index (χ4v) is 2.80. The average Bonchev–Trinajstić information content (AvgIpc) is 3.18. The molecule has 3 aromatic rings. The van der Waals surface area contributed by atoms with Crippen molar-refractivity contribution in [2.24, 2.45) is 0 Å². The van der Waals surface area contributed by atoms with E-state index in [4.69, 9.17) is 14.2 Å². The summed E-state index contributed by atoms with van der Waals surface area (Å²) in [6.07, 6.45) is 1.89. The molecule has 0 radical (unpaired) electrons. The number of anilines is 3. The van der Waals surface area contributed by atoms with E-state index >= 15 is 0 Å². The van der Waals surface area contributed by atoms with Gasteiger partial charge in [0, 0.05) is 11.8 Å². The van der Waals surface area contributed by atoms with Crippen molar-refractivity contribution < 1.29 is 19.0 Å². The molecule has 1 aromatic heterocycles. The number of nitrogens with one attached hydrogen (secondary N) is 2. The minimum absolute atomic E-state index is 0.108. The molecule has 0 saturated heterocycles. The van der Waals surface area contributed by atoms with Crippen LogP contribution in [0.5, 0.6) is 17.2 Å². The summed E-state index contributed by atoms with van der Waals surface area (Å²) >= 11 is 0. The largest absolute Gasteiger partial charge is 0.497 e. The first-order valence-corrected chi connectivity index (χ1v) is 8.75. The molecule has 4 rings (SSSR count). The number of pyridine rings is 1. The molecule has 1 aliphatic rings. The summed E-state index contributed by atoms with van der Waals surface area (Å²) < 4.78 is 15.8. The second-order valence-corrected chi connectivity index (χ2v) is 6.20. The minimum Gasteiger partial charge on any atom is -0.497 e. The van der Waals surface area contributed by atoms with Crippen molar-refractivity contribution >= 4 is 23.1 Å². The highest BCUT2D eigenvalue weighted by Gasteiger charge is 2.13. The van der Waals surface area contributed by atoms with E-state index in [0.717, 1.165) is 22.7 Å². The monoisotopic (exact) mass is 377 g/mol. The van der Waals surface area contributed by atoms with E-state index in [1.807, 2.05) is 42.5 Å². The third-order valence-corrected chi connectivity index (χ3v) is 4.22. The van der Waals surface area contributed by atoms with Crippen molar-refractivity contribution in [1.82, 2.24) is 4.98 Å². The maximum Gasteiger partial charge on any atom is 0.231 e. The van der Waals surface area contributed by atoms with Crippen LogP contribution >= 0.6 is 0 Å². The Bertz CT molecular complexity index is 972. The number of carbonyl (C=O) groups excluding carboxylic acids is 1. The highest BCUT2D eigenvalue weighted by Crippen LogP contribution is 2.34. The van der Waals surface area contributed by atoms with Crippen molar-refractivity contribution in [3.8, 4) is 17.2 Å². The number of fused-ring (bicyclic) bond motifs is 1. The fourth-order valence-electron chi connectivity index (χ4n) is 2.80. The van der Waals surface area contributed by atoms with Gasteiger partial charge in [-0.3, -0.25) is 4.79 Å². The second kappa shape index (κ2) is 7.87. The Morgan fingerprint density at radius 2 is 1.82 bits per heavy atom. The molecular weight excluding hydrogens is 358 g/mol. The van der Waals surface area contributed by atoms with Crippen molar-refractivity contribution in [2.75, 3.05) is 24.5 Å². The molecule has 142 valence electrons. The molecule has 0 spiro atoms. The van der Waals surface area contributed by atoms with E-state index in [-0.39, 0.29) is 19.1 Å². The molecule has 1 amide bonds. The molecule has 0 saturated carbocycles. The van der Waals surface area contributed by atoms with Crippen LogP contribution in [0.1, 0.15) is 5.56 Å². The Morgan fingerprint density at radius 1 is 1.04 bits per heavy atom. The van der Waals surface area contributed by atoms with E-state index in [9.17, 15) is 4.79 Å². The first kappa shape index (κ1) is 17.7. The van der Waals surface area contributed by atoms with Crippen LogP contribution in [0.3, 0.4) is 0 Å². The van der Waals surface area contributed by atoms with Gasteiger partial charge in [0.05, 0.1) is 25.4 Å². The highest BCUT2D eigenvalue weighted by atomic mass is 16.7. The van der Waals surface area contributed by atoms with Gasteiger partial charge in [-0.05, 0) is 42.0 Å². The van der Waals surface area contributed by atoms with E-state index in [1.54, 1.807) is 25.4 Å². The molecule has 0 unspecified atom stereocenters. The first-order valence-electron chi connectivity index (χ1n) is 8.75. The standard InChI is InChI=1S/C21H19N3O4/c1-26-17-6-2-14(3-7-17)10-21(25)24-16-5-9-20(22-12-16)23-15-4-8-18-19(11-15)28-13-27-18/h2-9,11-12H,10,13H2,1H3,(H,22,23)(H,24,25). The molecule has 28 heavy (non-hydrogen) atoms. The molecular formula is C21H19N3O4. The third kappa shape index (κ3) is 4.15. The number of carbonyl (C=O) groups is 1. The summed E-state index contributed by atoms with van der Waals surface area (Å²) in [5, 5.41) is 6.04. The lowest BCUT2D eigenvalue weighted by molar-refractivity contribution is -0.115. The predicted molar refractivity (Wildman–Crippen MR) is 105 cm³/mol. The Hall–Kier alpha value is -3.74. The topological polar surface area (TPSA) is 81.7 Å². The SMILES string of the molecule is COc1ccc(CC(=O)Nc2ccc(Nc3ccc4c(c3)OCO4)nc2)cc1. The van der Waals surface area contributed by atoms with Crippen LogP contribution in [0.25, 0.3) is 0 Å². The summed E-state index contributed by atoms with van der Waals surface area (Å²) in [4.78, 5) is 16.5. The summed E-state index contributed by atoms with van der Waals surface area (Å²) in [7, 11) is 1.61. The van der Waals surface area contributed by atoms with Gasteiger partial charge in [-0.1, -0.05) is 12.1 Å². The second-order valence-electron chi connectivity index (χ2n) is 6.20. The minimum atomic E-state index is -0.108. The molecule has 2 aromatic carbocycles. The molecule has 0 bridgehead atoms. The summed E-state index contributed by atoms with van der Waals surface area (Å²) in [5.41, 5.74) is 2.38. The van der Waals surface area contributed by atoms with Gasteiger partial charge in [-0.2, -0.15) is 0 Å². The number of ether oxygens (including phenoxy) is 3.